The summed E-state index contributed by atoms with van der Waals surface area (Å²) < 4.78 is 27.9. The van der Waals surface area contributed by atoms with E-state index in [1.165, 1.54) is 11.6 Å². The van der Waals surface area contributed by atoms with Crippen molar-refractivity contribution in [2.45, 2.75) is 31.6 Å². The van der Waals surface area contributed by atoms with Gasteiger partial charge >= 0.3 is 0 Å². The summed E-state index contributed by atoms with van der Waals surface area (Å²) in [5.41, 5.74) is 5.02. The maximum atomic E-state index is 14.5. The number of halogens is 2. The third-order valence-electron chi connectivity index (χ3n) is 5.39. The fourth-order valence-corrected chi connectivity index (χ4v) is 4.13. The van der Waals surface area contributed by atoms with Crippen LogP contribution in [0.15, 0.2) is 60.7 Å². The van der Waals surface area contributed by atoms with Gasteiger partial charge in [-0.15, -0.1) is 0 Å². The summed E-state index contributed by atoms with van der Waals surface area (Å²) in [6.45, 7) is 2.04. The van der Waals surface area contributed by atoms with Crippen LogP contribution in [0.5, 0.6) is 5.75 Å². The molecule has 0 radical (unpaired) electrons. The number of hydrogen-bond acceptors (Lipinski definition) is 1. The third kappa shape index (κ3) is 2.98. The van der Waals surface area contributed by atoms with Crippen molar-refractivity contribution in [2.75, 3.05) is 0 Å². The van der Waals surface area contributed by atoms with E-state index in [0.29, 0.717) is 5.56 Å². The van der Waals surface area contributed by atoms with Crippen LogP contribution in [-0.2, 0) is 6.42 Å². The van der Waals surface area contributed by atoms with Gasteiger partial charge in [0.1, 0.15) is 17.4 Å². The van der Waals surface area contributed by atoms with E-state index in [1.54, 1.807) is 18.2 Å². The lowest BCUT2D eigenvalue weighted by Gasteiger charge is -2.35. The normalized spacial score (nSPS) is 19.2. The molecule has 0 unspecified atom stereocenters. The highest BCUT2D eigenvalue weighted by Crippen LogP contribution is 2.47. The van der Waals surface area contributed by atoms with Gasteiger partial charge in [-0.2, -0.15) is 0 Å². The van der Waals surface area contributed by atoms with Gasteiger partial charge in [0.05, 0.1) is 0 Å². The van der Waals surface area contributed by atoms with Crippen LogP contribution in [-0.4, -0.2) is 5.11 Å². The molecule has 0 aromatic heterocycles. The van der Waals surface area contributed by atoms with Gasteiger partial charge in [0, 0.05) is 12.0 Å². The van der Waals surface area contributed by atoms with E-state index in [2.05, 4.69) is 24.3 Å². The number of rotatable bonds is 2. The van der Waals surface area contributed by atoms with E-state index < -0.39 is 11.6 Å². The van der Waals surface area contributed by atoms with Gasteiger partial charge in [-0.25, -0.2) is 8.78 Å². The predicted molar refractivity (Wildman–Crippen MR) is 98.5 cm³/mol. The Morgan fingerprint density at radius 3 is 2.35 bits per heavy atom. The van der Waals surface area contributed by atoms with Crippen LogP contribution in [0.4, 0.5) is 8.78 Å². The molecule has 2 atom stereocenters. The highest BCUT2D eigenvalue weighted by atomic mass is 19.1. The summed E-state index contributed by atoms with van der Waals surface area (Å²) in [4.78, 5) is 0. The lowest BCUT2D eigenvalue weighted by Crippen LogP contribution is -2.21. The minimum absolute atomic E-state index is 0.0279. The molecule has 132 valence electrons. The Hall–Kier alpha value is -2.68. The third-order valence-corrected chi connectivity index (χ3v) is 5.39. The van der Waals surface area contributed by atoms with Gasteiger partial charge in [0.2, 0.25) is 0 Å². The Labute approximate surface area is 151 Å². The van der Waals surface area contributed by atoms with Gasteiger partial charge < -0.3 is 5.11 Å². The zero-order chi connectivity index (χ0) is 18.3. The molecule has 1 nitrogen and oxygen atoms in total. The Bertz CT molecular complexity index is 947. The van der Waals surface area contributed by atoms with Crippen LogP contribution in [0.1, 0.15) is 46.1 Å². The van der Waals surface area contributed by atoms with Gasteiger partial charge in [0.25, 0.3) is 0 Å². The SMILES string of the molecule is Cc1ccc([C@@H]2c3ccc(O)cc3CC[C@@H]2c2ccc(F)cc2F)cc1. The van der Waals surface area contributed by atoms with Gasteiger partial charge in [0.15, 0.2) is 0 Å². The van der Waals surface area contributed by atoms with E-state index in [9.17, 15) is 13.9 Å². The molecule has 0 saturated carbocycles. The van der Waals surface area contributed by atoms with Crippen LogP contribution >= 0.6 is 0 Å². The molecule has 1 aliphatic carbocycles. The van der Waals surface area contributed by atoms with E-state index in [1.807, 2.05) is 13.0 Å². The lowest BCUT2D eigenvalue weighted by molar-refractivity contribution is 0.464. The largest absolute Gasteiger partial charge is 0.508 e. The number of phenolic OH excluding ortho intramolecular Hbond substituents is 1. The molecule has 0 saturated heterocycles. The number of aryl methyl sites for hydroxylation is 2. The summed E-state index contributed by atoms with van der Waals surface area (Å²) in [5.74, 6) is -0.901. The average Bonchev–Trinajstić information content (AvgIpc) is 2.62. The molecule has 0 fully saturated rings. The van der Waals surface area contributed by atoms with Crippen LogP contribution in [0.3, 0.4) is 0 Å². The standard InChI is InChI=1S/C23H20F2O/c1-14-2-4-15(5-3-14)23-19-11-8-18(26)12-16(19)6-9-21(23)20-10-7-17(24)13-22(20)25/h2-5,7-8,10-13,21,23,26H,6,9H2,1H3/t21-,23-/m1/s1. The van der Waals surface area contributed by atoms with Crippen molar-refractivity contribution in [3.63, 3.8) is 0 Å². The minimum atomic E-state index is -0.556. The first kappa shape index (κ1) is 16.8. The van der Waals surface area contributed by atoms with Crippen LogP contribution in [0.25, 0.3) is 0 Å². The fraction of sp³-hybridized carbons (Fsp3) is 0.217. The van der Waals surface area contributed by atoms with Crippen molar-refractivity contribution in [3.05, 3.63) is 100 Å². The molecule has 1 aliphatic rings. The van der Waals surface area contributed by atoms with Crippen molar-refractivity contribution >= 4 is 0 Å². The quantitative estimate of drug-likeness (QED) is 0.615. The molecular weight excluding hydrogens is 330 g/mol. The first-order chi connectivity index (χ1) is 12.5. The first-order valence-electron chi connectivity index (χ1n) is 8.86. The van der Waals surface area contributed by atoms with Crippen molar-refractivity contribution in [1.29, 1.82) is 0 Å². The second kappa shape index (κ2) is 6.56. The molecule has 0 bridgehead atoms. The molecule has 0 heterocycles. The highest BCUT2D eigenvalue weighted by molar-refractivity contribution is 5.47. The monoisotopic (exact) mass is 350 g/mol. The van der Waals surface area contributed by atoms with Crippen molar-refractivity contribution in [1.82, 2.24) is 0 Å². The van der Waals surface area contributed by atoms with Gasteiger partial charge in [-0.1, -0.05) is 42.0 Å². The maximum absolute atomic E-state index is 14.5. The molecule has 1 N–H and O–H groups in total. The molecular formula is C23H20F2O. The van der Waals surface area contributed by atoms with Gasteiger partial charge in [-0.05, 0) is 66.1 Å². The number of aromatic hydroxyl groups is 1. The fourth-order valence-electron chi connectivity index (χ4n) is 4.13. The van der Waals surface area contributed by atoms with Crippen molar-refractivity contribution in [2.24, 2.45) is 0 Å². The molecule has 4 rings (SSSR count). The zero-order valence-electron chi connectivity index (χ0n) is 14.5. The molecule has 0 spiro atoms. The minimum Gasteiger partial charge on any atom is -0.508 e. The van der Waals surface area contributed by atoms with Crippen LogP contribution in [0.2, 0.25) is 0 Å². The Morgan fingerprint density at radius 2 is 1.62 bits per heavy atom. The van der Waals surface area contributed by atoms with Crippen LogP contribution < -0.4 is 0 Å². The number of fused-ring (bicyclic) bond motifs is 1. The second-order valence-corrected chi connectivity index (χ2v) is 7.08. The molecule has 0 aliphatic heterocycles. The van der Waals surface area contributed by atoms with E-state index >= 15 is 0 Å². The summed E-state index contributed by atoms with van der Waals surface area (Å²) in [7, 11) is 0. The van der Waals surface area contributed by atoms with Crippen LogP contribution in [0, 0.1) is 18.6 Å². The summed E-state index contributed by atoms with van der Waals surface area (Å²) in [5, 5.41) is 9.84. The number of benzene rings is 3. The topological polar surface area (TPSA) is 20.2 Å². The summed E-state index contributed by atoms with van der Waals surface area (Å²) in [6, 6.07) is 17.6. The number of phenols is 1. The maximum Gasteiger partial charge on any atom is 0.129 e. The van der Waals surface area contributed by atoms with E-state index in [4.69, 9.17) is 0 Å². The Kier molecular flexibility index (Phi) is 4.23. The smallest absolute Gasteiger partial charge is 0.129 e. The molecule has 3 aromatic rings. The summed E-state index contributed by atoms with van der Waals surface area (Å²) in [6.07, 6.45) is 1.51. The Morgan fingerprint density at radius 1 is 0.885 bits per heavy atom. The molecule has 0 amide bonds. The summed E-state index contributed by atoms with van der Waals surface area (Å²) >= 11 is 0. The molecule has 3 heteroatoms. The average molecular weight is 350 g/mol. The lowest BCUT2D eigenvalue weighted by atomic mass is 9.69. The highest BCUT2D eigenvalue weighted by Gasteiger charge is 2.33. The number of hydrogen-bond donors (Lipinski definition) is 1. The first-order valence-corrected chi connectivity index (χ1v) is 8.86. The van der Waals surface area contributed by atoms with E-state index in [-0.39, 0.29) is 17.6 Å². The molecule has 3 aromatic carbocycles. The van der Waals surface area contributed by atoms with Crippen molar-refractivity contribution in [3.8, 4) is 5.75 Å². The predicted octanol–water partition coefficient (Wildman–Crippen LogP) is 5.84. The zero-order valence-corrected chi connectivity index (χ0v) is 14.5. The molecule has 26 heavy (non-hydrogen) atoms. The van der Waals surface area contributed by atoms with Crippen molar-refractivity contribution < 1.29 is 13.9 Å². The Balaban J connectivity index is 1.87. The van der Waals surface area contributed by atoms with Gasteiger partial charge in [-0.3, -0.25) is 0 Å². The van der Waals surface area contributed by atoms with E-state index in [0.717, 1.165) is 35.6 Å². The second-order valence-electron chi connectivity index (χ2n) is 7.08.